The zero-order chi connectivity index (χ0) is 23.8. The van der Waals surface area contributed by atoms with Crippen molar-refractivity contribution in [3.8, 4) is 0 Å². The van der Waals surface area contributed by atoms with Crippen LogP contribution in [0.3, 0.4) is 0 Å². The van der Waals surface area contributed by atoms with Gasteiger partial charge in [-0.05, 0) is 92.9 Å². The third kappa shape index (κ3) is 4.64. The Balaban J connectivity index is 1.24. The molecule has 5 rings (SSSR count). The number of benzene rings is 1. The van der Waals surface area contributed by atoms with Gasteiger partial charge in [0.2, 0.25) is 0 Å². The Bertz CT molecular complexity index is 1280. The Labute approximate surface area is 211 Å². The Morgan fingerprint density at radius 2 is 2.03 bits per heavy atom. The predicted molar refractivity (Wildman–Crippen MR) is 136 cm³/mol. The third-order valence-corrected chi connectivity index (χ3v) is 7.73. The summed E-state index contributed by atoms with van der Waals surface area (Å²) in [7, 11) is 0. The van der Waals surface area contributed by atoms with Crippen LogP contribution in [0, 0.1) is 10.5 Å². The van der Waals surface area contributed by atoms with Crippen molar-refractivity contribution in [3.63, 3.8) is 0 Å². The van der Waals surface area contributed by atoms with E-state index >= 15 is 0 Å². The molecule has 0 N–H and O–H groups in total. The summed E-state index contributed by atoms with van der Waals surface area (Å²) in [4.78, 5) is 31.8. The number of hydrogen-bond donors (Lipinski definition) is 0. The van der Waals surface area contributed by atoms with E-state index in [2.05, 4.69) is 44.8 Å². The maximum absolute atomic E-state index is 13.2. The van der Waals surface area contributed by atoms with Crippen LogP contribution in [0.4, 0.5) is 0 Å². The molecule has 1 fully saturated rings. The van der Waals surface area contributed by atoms with Crippen LogP contribution in [0.1, 0.15) is 67.4 Å². The zero-order valence-corrected chi connectivity index (χ0v) is 21.7. The molecule has 1 saturated heterocycles. The van der Waals surface area contributed by atoms with Gasteiger partial charge in [-0.1, -0.05) is 5.16 Å². The van der Waals surface area contributed by atoms with E-state index in [-0.39, 0.29) is 11.5 Å². The molecule has 3 aromatic rings. The monoisotopic (exact) mass is 576 g/mol. The largest absolute Gasteiger partial charge is 0.454 e. The van der Waals surface area contributed by atoms with E-state index in [1.165, 1.54) is 6.92 Å². The van der Waals surface area contributed by atoms with Crippen LogP contribution in [-0.2, 0) is 22.5 Å². The lowest BCUT2D eigenvalue weighted by Crippen LogP contribution is -2.38. The van der Waals surface area contributed by atoms with Crippen molar-refractivity contribution in [1.29, 1.82) is 0 Å². The van der Waals surface area contributed by atoms with Crippen LogP contribution in [0.25, 0.3) is 11.0 Å². The number of likely N-dealkylation sites (tertiary alicyclic amines) is 1. The molecule has 9 heteroatoms. The van der Waals surface area contributed by atoms with Gasteiger partial charge in [-0.2, -0.15) is 0 Å². The van der Waals surface area contributed by atoms with Crippen LogP contribution in [0.2, 0.25) is 0 Å². The molecule has 8 nitrogen and oxygen atoms in total. The molecule has 0 spiro atoms. The number of nitrogens with zero attached hydrogens (tertiary/aromatic N) is 4. The van der Waals surface area contributed by atoms with Gasteiger partial charge in [0.25, 0.3) is 5.56 Å². The van der Waals surface area contributed by atoms with Gasteiger partial charge in [-0.3, -0.25) is 14.2 Å². The summed E-state index contributed by atoms with van der Waals surface area (Å²) in [6.45, 7) is 6.68. The first-order chi connectivity index (χ1) is 16.4. The first kappa shape index (κ1) is 23.5. The lowest BCUT2D eigenvalue weighted by molar-refractivity contribution is -0.148. The van der Waals surface area contributed by atoms with Crippen molar-refractivity contribution < 1.29 is 14.1 Å². The molecule has 180 valence electrons. The minimum atomic E-state index is -0.429. The van der Waals surface area contributed by atoms with Gasteiger partial charge in [-0.25, -0.2) is 4.98 Å². The quantitative estimate of drug-likeness (QED) is 0.334. The number of piperidine rings is 1. The predicted octanol–water partition coefficient (Wildman–Crippen LogP) is 4.12. The number of carbonyl (C=O) groups is 1. The summed E-state index contributed by atoms with van der Waals surface area (Å²) in [5, 5.41) is 5.51. The van der Waals surface area contributed by atoms with Crippen LogP contribution < -0.4 is 5.56 Å². The van der Waals surface area contributed by atoms with Crippen molar-refractivity contribution in [3.05, 3.63) is 54.9 Å². The van der Waals surface area contributed by atoms with Crippen molar-refractivity contribution in [1.82, 2.24) is 19.6 Å². The Morgan fingerprint density at radius 1 is 1.24 bits per heavy atom. The number of fused-ring (bicyclic) bond motifs is 2. The number of hydrogen-bond acceptors (Lipinski definition) is 7. The average Bonchev–Trinajstić information content (AvgIpc) is 3.22. The molecule has 2 aromatic heterocycles. The summed E-state index contributed by atoms with van der Waals surface area (Å²) in [6.07, 6.45) is 3.81. The molecule has 0 radical (unpaired) electrons. The molecule has 1 aromatic carbocycles. The van der Waals surface area contributed by atoms with Crippen molar-refractivity contribution in [2.75, 3.05) is 19.6 Å². The summed E-state index contributed by atoms with van der Waals surface area (Å²) >= 11 is 2.29. The molecular formula is C25H29IN4O4. The van der Waals surface area contributed by atoms with Crippen LogP contribution in [0.15, 0.2) is 27.5 Å². The van der Waals surface area contributed by atoms with Gasteiger partial charge in [0.05, 0.1) is 5.69 Å². The third-order valence-electron chi connectivity index (χ3n) is 7.06. The lowest BCUT2D eigenvalue weighted by atomic mass is 9.91. The number of carbonyl (C=O) groups excluding carboxylic acids is 1. The van der Waals surface area contributed by atoms with Crippen molar-refractivity contribution >= 4 is 39.5 Å². The molecule has 0 bridgehead atoms. The maximum atomic E-state index is 13.2. The number of halogens is 1. The van der Waals surface area contributed by atoms with Gasteiger partial charge in [-0.15, -0.1) is 0 Å². The highest BCUT2D eigenvalue weighted by molar-refractivity contribution is 14.1. The van der Waals surface area contributed by atoms with Crippen LogP contribution in [0.5, 0.6) is 0 Å². The van der Waals surface area contributed by atoms with Gasteiger partial charge in [0, 0.05) is 46.1 Å². The molecule has 1 atom stereocenters. The Hall–Kier alpha value is -2.27. The molecule has 0 amide bonds. The first-order valence-corrected chi connectivity index (χ1v) is 13.0. The smallest absolute Gasteiger partial charge is 0.303 e. The summed E-state index contributed by atoms with van der Waals surface area (Å²) in [5.74, 6) is 0.641. The SMILES string of the molecule is CC(=O)OC1CCCn2c1nc(C)c(CCN1CCC(c3noc4cc(I)ccc34)CC1)c2=O. The van der Waals surface area contributed by atoms with Crippen LogP contribution in [-0.4, -0.2) is 45.2 Å². The summed E-state index contributed by atoms with van der Waals surface area (Å²) in [6, 6.07) is 6.24. The minimum Gasteiger partial charge on any atom is -0.454 e. The highest BCUT2D eigenvalue weighted by Gasteiger charge is 2.28. The van der Waals surface area contributed by atoms with Crippen molar-refractivity contribution in [2.45, 2.75) is 64.5 Å². The second-order valence-corrected chi connectivity index (χ2v) is 10.6. The topological polar surface area (TPSA) is 90.5 Å². The van der Waals surface area contributed by atoms with E-state index in [0.717, 1.165) is 70.4 Å². The fourth-order valence-corrected chi connectivity index (χ4v) is 5.73. The fraction of sp³-hybridized carbons (Fsp3) is 0.520. The van der Waals surface area contributed by atoms with Gasteiger partial charge < -0.3 is 14.2 Å². The number of rotatable bonds is 5. The average molecular weight is 576 g/mol. The van der Waals surface area contributed by atoms with Gasteiger partial charge in [0.15, 0.2) is 17.5 Å². The van der Waals surface area contributed by atoms with E-state index in [9.17, 15) is 9.59 Å². The lowest BCUT2D eigenvalue weighted by Gasteiger charge is -2.31. The molecule has 4 heterocycles. The normalized spacial score (nSPS) is 19.3. The molecule has 2 aliphatic rings. The first-order valence-electron chi connectivity index (χ1n) is 12.0. The van der Waals surface area contributed by atoms with E-state index in [0.29, 0.717) is 31.1 Å². The van der Waals surface area contributed by atoms with E-state index in [4.69, 9.17) is 14.2 Å². The Kier molecular flexibility index (Phi) is 6.74. The molecule has 0 saturated carbocycles. The van der Waals surface area contributed by atoms with Crippen molar-refractivity contribution in [2.24, 2.45) is 0 Å². The van der Waals surface area contributed by atoms with E-state index < -0.39 is 6.10 Å². The molecule has 2 aliphatic heterocycles. The minimum absolute atomic E-state index is 0.0120. The number of aromatic nitrogens is 3. The highest BCUT2D eigenvalue weighted by atomic mass is 127. The molecule has 34 heavy (non-hydrogen) atoms. The zero-order valence-electron chi connectivity index (χ0n) is 19.6. The number of esters is 1. The number of ether oxygens (including phenoxy) is 1. The summed E-state index contributed by atoms with van der Waals surface area (Å²) in [5.41, 5.74) is 3.45. The van der Waals surface area contributed by atoms with Gasteiger partial charge in [0.1, 0.15) is 0 Å². The standard InChI is InChI=1S/C25H29IN4O4/c1-15-19(25(32)30-10-3-4-21(24(30)27-15)33-16(2)31)9-13-29-11-7-17(8-12-29)23-20-6-5-18(26)14-22(20)34-28-23/h5-6,14,17,21H,3-4,7-13H2,1-2H3. The second kappa shape index (κ2) is 9.77. The van der Waals surface area contributed by atoms with E-state index in [1.807, 2.05) is 13.0 Å². The summed E-state index contributed by atoms with van der Waals surface area (Å²) < 4.78 is 13.8. The van der Waals surface area contributed by atoms with E-state index in [1.54, 1.807) is 4.57 Å². The van der Waals surface area contributed by atoms with Gasteiger partial charge >= 0.3 is 5.97 Å². The second-order valence-electron chi connectivity index (χ2n) is 9.31. The maximum Gasteiger partial charge on any atom is 0.303 e. The fourth-order valence-electron chi connectivity index (χ4n) is 5.27. The Morgan fingerprint density at radius 3 is 2.79 bits per heavy atom. The van der Waals surface area contributed by atoms with Crippen LogP contribution >= 0.6 is 22.6 Å². The molecular weight excluding hydrogens is 547 g/mol. The molecule has 0 aliphatic carbocycles. The molecule has 1 unspecified atom stereocenters. The highest BCUT2D eigenvalue weighted by Crippen LogP contribution is 2.33. The number of aryl methyl sites for hydroxylation is 1.